The maximum Gasteiger partial charge on any atom is 0.319 e. The van der Waals surface area contributed by atoms with Crippen molar-refractivity contribution in [2.45, 2.75) is 44.6 Å². The summed E-state index contributed by atoms with van der Waals surface area (Å²) in [6, 6.07) is 6.41. The van der Waals surface area contributed by atoms with Crippen molar-refractivity contribution in [1.82, 2.24) is 10.2 Å². The zero-order valence-corrected chi connectivity index (χ0v) is 13.6. The van der Waals surface area contributed by atoms with Crippen LogP contribution in [0.5, 0.6) is 0 Å². The zero-order chi connectivity index (χ0) is 16.1. The fourth-order valence-electron chi connectivity index (χ4n) is 3.74. The fraction of sp³-hybridized carbons (Fsp3) is 0.611. The van der Waals surface area contributed by atoms with Gasteiger partial charge in [0.2, 0.25) is 0 Å². The third kappa shape index (κ3) is 4.67. The number of carbonyl (C=O) groups is 1. The monoisotopic (exact) mass is 319 g/mol. The summed E-state index contributed by atoms with van der Waals surface area (Å²) in [6.45, 7) is 3.04. The molecule has 2 aliphatic rings. The van der Waals surface area contributed by atoms with E-state index in [1.165, 1.54) is 37.8 Å². The second kappa shape index (κ2) is 7.77. The lowest BCUT2D eigenvalue weighted by Gasteiger charge is -2.36. The van der Waals surface area contributed by atoms with E-state index in [0.717, 1.165) is 32.0 Å². The quantitative estimate of drug-likeness (QED) is 0.890. The molecule has 0 aromatic heterocycles. The Morgan fingerprint density at radius 3 is 2.39 bits per heavy atom. The molecule has 1 saturated carbocycles. The number of nitrogens with zero attached hydrogens (tertiary/aromatic N) is 1. The molecule has 2 amide bonds. The number of benzene rings is 1. The molecule has 126 valence electrons. The van der Waals surface area contributed by atoms with Crippen LogP contribution in [0.1, 0.15) is 38.5 Å². The number of hydrogen-bond donors (Lipinski definition) is 2. The van der Waals surface area contributed by atoms with Crippen molar-refractivity contribution in [3.63, 3.8) is 0 Å². The summed E-state index contributed by atoms with van der Waals surface area (Å²) < 4.78 is 12.8. The summed E-state index contributed by atoms with van der Waals surface area (Å²) >= 11 is 0. The molecule has 0 bridgehead atoms. The smallest absolute Gasteiger partial charge is 0.319 e. The Labute approximate surface area is 137 Å². The molecule has 5 heteroatoms. The van der Waals surface area contributed by atoms with Gasteiger partial charge in [-0.3, -0.25) is 0 Å². The van der Waals surface area contributed by atoms with Crippen LogP contribution in [0.2, 0.25) is 0 Å². The number of piperidine rings is 1. The first kappa shape index (κ1) is 16.2. The van der Waals surface area contributed by atoms with E-state index in [-0.39, 0.29) is 11.8 Å². The molecule has 1 aliphatic heterocycles. The highest BCUT2D eigenvalue weighted by molar-refractivity contribution is 5.89. The Bertz CT molecular complexity index is 506. The van der Waals surface area contributed by atoms with Crippen molar-refractivity contribution in [3.05, 3.63) is 30.1 Å². The van der Waals surface area contributed by atoms with E-state index in [1.54, 1.807) is 12.1 Å². The molecule has 1 aromatic rings. The SMILES string of the molecule is O=C(NCC1CCN(C2CCCC2)CC1)Nc1ccc(F)cc1. The van der Waals surface area contributed by atoms with Gasteiger partial charge in [0, 0.05) is 18.3 Å². The standard InChI is InChI=1S/C18H26FN3O/c19-15-5-7-16(8-6-15)21-18(23)20-13-14-9-11-22(12-10-14)17-3-1-2-4-17/h5-8,14,17H,1-4,9-13H2,(H2,20,21,23). The lowest BCUT2D eigenvalue weighted by atomic mass is 9.95. The van der Waals surface area contributed by atoms with Gasteiger partial charge >= 0.3 is 6.03 Å². The fourth-order valence-corrected chi connectivity index (χ4v) is 3.74. The number of likely N-dealkylation sites (tertiary alicyclic amines) is 1. The number of anilines is 1. The van der Waals surface area contributed by atoms with Crippen molar-refractivity contribution >= 4 is 11.7 Å². The molecule has 0 radical (unpaired) electrons. The van der Waals surface area contributed by atoms with Crippen molar-refractivity contribution in [3.8, 4) is 0 Å². The predicted octanol–water partition coefficient (Wildman–Crippen LogP) is 3.60. The molecule has 4 nitrogen and oxygen atoms in total. The average molecular weight is 319 g/mol. The van der Waals surface area contributed by atoms with Gasteiger partial charge in [0.25, 0.3) is 0 Å². The molecule has 2 N–H and O–H groups in total. The van der Waals surface area contributed by atoms with Gasteiger partial charge in [-0.1, -0.05) is 12.8 Å². The number of hydrogen-bond acceptors (Lipinski definition) is 2. The predicted molar refractivity (Wildman–Crippen MR) is 90.0 cm³/mol. The summed E-state index contributed by atoms with van der Waals surface area (Å²) in [5.74, 6) is 0.261. The number of nitrogens with one attached hydrogen (secondary N) is 2. The molecular formula is C18H26FN3O. The van der Waals surface area contributed by atoms with E-state index < -0.39 is 0 Å². The second-order valence-corrected chi connectivity index (χ2v) is 6.76. The van der Waals surface area contributed by atoms with E-state index in [1.807, 2.05) is 0 Å². The van der Waals surface area contributed by atoms with Gasteiger partial charge in [0.05, 0.1) is 0 Å². The summed E-state index contributed by atoms with van der Waals surface area (Å²) in [5.41, 5.74) is 0.611. The van der Waals surface area contributed by atoms with E-state index in [4.69, 9.17) is 0 Å². The Hall–Kier alpha value is -1.62. The summed E-state index contributed by atoms with van der Waals surface area (Å²) in [6.07, 6.45) is 7.82. The molecule has 0 atom stereocenters. The number of amides is 2. The number of urea groups is 1. The Morgan fingerprint density at radius 2 is 1.74 bits per heavy atom. The van der Waals surface area contributed by atoms with Crippen LogP contribution in [-0.2, 0) is 0 Å². The van der Waals surface area contributed by atoms with Gasteiger partial charge in [-0.15, -0.1) is 0 Å². The average Bonchev–Trinajstić information content (AvgIpc) is 3.10. The maximum atomic E-state index is 12.8. The van der Waals surface area contributed by atoms with E-state index in [9.17, 15) is 9.18 Å². The first-order valence-corrected chi connectivity index (χ1v) is 8.75. The van der Waals surface area contributed by atoms with Gasteiger partial charge in [-0.2, -0.15) is 0 Å². The first-order chi connectivity index (χ1) is 11.2. The van der Waals surface area contributed by atoms with Gasteiger partial charge in [0.1, 0.15) is 5.82 Å². The molecular weight excluding hydrogens is 293 g/mol. The minimum absolute atomic E-state index is 0.213. The molecule has 3 rings (SSSR count). The summed E-state index contributed by atoms with van der Waals surface area (Å²) in [4.78, 5) is 14.5. The summed E-state index contributed by atoms with van der Waals surface area (Å²) in [5, 5.41) is 5.67. The summed E-state index contributed by atoms with van der Waals surface area (Å²) in [7, 11) is 0. The highest BCUT2D eigenvalue weighted by Crippen LogP contribution is 2.27. The highest BCUT2D eigenvalue weighted by Gasteiger charge is 2.27. The third-order valence-electron chi connectivity index (χ3n) is 5.14. The normalized spacial score (nSPS) is 20.6. The van der Waals surface area contributed by atoms with Crippen LogP contribution in [0.3, 0.4) is 0 Å². The highest BCUT2D eigenvalue weighted by atomic mass is 19.1. The van der Waals surface area contributed by atoms with Crippen molar-refractivity contribution in [2.24, 2.45) is 5.92 Å². The molecule has 1 aliphatic carbocycles. The molecule has 0 unspecified atom stereocenters. The number of carbonyl (C=O) groups excluding carboxylic acids is 1. The molecule has 0 spiro atoms. The van der Waals surface area contributed by atoms with E-state index >= 15 is 0 Å². The number of rotatable bonds is 4. The van der Waals surface area contributed by atoms with Crippen LogP contribution in [0, 0.1) is 11.7 Å². The Kier molecular flexibility index (Phi) is 5.49. The van der Waals surface area contributed by atoms with Crippen LogP contribution in [0.4, 0.5) is 14.9 Å². The first-order valence-electron chi connectivity index (χ1n) is 8.75. The topological polar surface area (TPSA) is 44.4 Å². The maximum absolute atomic E-state index is 12.8. The van der Waals surface area contributed by atoms with Crippen LogP contribution in [-0.4, -0.2) is 36.6 Å². The molecule has 2 fully saturated rings. The lowest BCUT2D eigenvalue weighted by molar-refractivity contribution is 0.134. The van der Waals surface area contributed by atoms with Gasteiger partial charge in [-0.05, 0) is 69.0 Å². The minimum atomic E-state index is -0.301. The van der Waals surface area contributed by atoms with Crippen molar-refractivity contribution in [1.29, 1.82) is 0 Å². The Balaban J connectivity index is 1.36. The van der Waals surface area contributed by atoms with Crippen LogP contribution in [0.15, 0.2) is 24.3 Å². The molecule has 1 heterocycles. The van der Waals surface area contributed by atoms with Gasteiger partial charge < -0.3 is 15.5 Å². The number of halogens is 1. The largest absolute Gasteiger partial charge is 0.338 e. The van der Waals surface area contributed by atoms with E-state index in [2.05, 4.69) is 15.5 Å². The lowest BCUT2D eigenvalue weighted by Crippen LogP contribution is -2.43. The van der Waals surface area contributed by atoms with Gasteiger partial charge in [-0.25, -0.2) is 9.18 Å². The van der Waals surface area contributed by atoms with Gasteiger partial charge in [0.15, 0.2) is 0 Å². The Morgan fingerprint density at radius 1 is 1.09 bits per heavy atom. The molecule has 1 saturated heterocycles. The zero-order valence-electron chi connectivity index (χ0n) is 13.6. The van der Waals surface area contributed by atoms with Crippen LogP contribution < -0.4 is 10.6 Å². The van der Waals surface area contributed by atoms with E-state index in [0.29, 0.717) is 18.2 Å². The third-order valence-corrected chi connectivity index (χ3v) is 5.14. The molecule has 1 aromatic carbocycles. The second-order valence-electron chi connectivity index (χ2n) is 6.76. The minimum Gasteiger partial charge on any atom is -0.338 e. The molecule has 23 heavy (non-hydrogen) atoms. The van der Waals surface area contributed by atoms with Crippen LogP contribution >= 0.6 is 0 Å². The van der Waals surface area contributed by atoms with Crippen molar-refractivity contribution < 1.29 is 9.18 Å². The van der Waals surface area contributed by atoms with Crippen molar-refractivity contribution in [2.75, 3.05) is 25.0 Å². The van der Waals surface area contributed by atoms with Crippen LogP contribution in [0.25, 0.3) is 0 Å².